The summed E-state index contributed by atoms with van der Waals surface area (Å²) in [6, 6.07) is 7.99. The van der Waals surface area contributed by atoms with Gasteiger partial charge in [-0.05, 0) is 99.6 Å². The van der Waals surface area contributed by atoms with Crippen molar-refractivity contribution >= 4 is 29.6 Å². The maximum absolute atomic E-state index is 14.9. The molecule has 5 saturated heterocycles. The molecule has 1 spiro atoms. The number of ether oxygens (including phenoxy) is 3. The zero-order valence-corrected chi connectivity index (χ0v) is 38.8. The largest absolute Gasteiger partial charge is 0.507 e. The molecule has 0 unspecified atom stereocenters. The number of phenols is 1. The number of rotatable bonds is 13. The summed E-state index contributed by atoms with van der Waals surface area (Å²) in [6.45, 7) is 2.29. The Hall–Kier alpha value is -5.70. The smallest absolute Gasteiger partial charge is 0.416 e. The molecule has 4 amide bonds. The van der Waals surface area contributed by atoms with Crippen molar-refractivity contribution in [2.45, 2.75) is 101 Å². The highest BCUT2D eigenvalue weighted by molar-refractivity contribution is 5.96. The number of hydrogen-bond donors (Lipinski definition) is 2. The standard InChI is InChI=1S/C49H56F6N6O9/c1-29(69-27-45-13-9-35(10-14-45)70-28-45)39(42(65)58-17-11-31(12-18-58)32-5-8-36(38(62)19-32)43(66)68-2)57-40(63)37-23-59(24-46(37)25-60(26-46)44(67)47(15-16-47)49(53,54)55)41(64)33-20-56-61(22-33)21-30-3-6-34(7-4-30)48(50,51)52/h3-8,19-20,22,29,31,35,37,39,62H,9-18,21,23-28H2,1-2H3,(H,57,63)/t29-,35?,37+,39+,45?/m1/s1. The molecule has 10 rings (SSSR count). The van der Waals surface area contributed by atoms with Gasteiger partial charge in [0.25, 0.3) is 5.91 Å². The van der Waals surface area contributed by atoms with Gasteiger partial charge in [-0.25, -0.2) is 4.79 Å². The highest BCUT2D eigenvalue weighted by atomic mass is 19.4. The van der Waals surface area contributed by atoms with E-state index < -0.39 is 76.4 Å². The number of nitrogens with one attached hydrogen (secondary N) is 1. The van der Waals surface area contributed by atoms with Crippen LogP contribution in [-0.2, 0) is 41.3 Å². The first-order valence-electron chi connectivity index (χ1n) is 23.7. The number of methoxy groups -OCH3 is 1. The average Bonchev–Trinajstić information content (AvgIpc) is 3.88. The lowest BCUT2D eigenvalue weighted by Crippen LogP contribution is -2.67. The predicted molar refractivity (Wildman–Crippen MR) is 235 cm³/mol. The van der Waals surface area contributed by atoms with Gasteiger partial charge in [0.15, 0.2) is 0 Å². The third-order valence-electron chi connectivity index (χ3n) is 15.8. The second kappa shape index (κ2) is 18.5. The third kappa shape index (κ3) is 9.46. The number of nitrogens with zero attached hydrogens (tertiary/aromatic N) is 5. The van der Waals surface area contributed by atoms with Crippen LogP contribution in [0, 0.1) is 22.2 Å². The average molecular weight is 987 g/mol. The van der Waals surface area contributed by atoms with Crippen LogP contribution >= 0.6 is 0 Å². The Balaban J connectivity index is 0.936. The molecular formula is C49H56F6N6O9. The maximum atomic E-state index is 14.9. The fourth-order valence-electron chi connectivity index (χ4n) is 11.2. The molecule has 5 aliphatic heterocycles. The molecule has 1 aromatic heterocycles. The van der Waals surface area contributed by atoms with Gasteiger partial charge in [0, 0.05) is 56.3 Å². The molecule has 7 fully saturated rings. The number of aromatic hydroxyl groups is 1. The molecule has 0 radical (unpaired) electrons. The molecule has 70 heavy (non-hydrogen) atoms. The van der Waals surface area contributed by atoms with Gasteiger partial charge in [0.1, 0.15) is 22.8 Å². The number of fused-ring (bicyclic) bond motifs is 3. The van der Waals surface area contributed by atoms with Crippen molar-refractivity contribution in [3.8, 4) is 5.75 Å². The SMILES string of the molecule is COC(=O)c1ccc(C2CCN(C(=O)[C@@H](NC(=O)[C@@H]3CN(C(=O)c4cnn(Cc5ccc(C(F)(F)F)cc5)c4)CC34CN(C(=O)C3(C(F)(F)F)CC3)C4)[C@@H](C)OCC34CCC(CC3)OC4)CC2)cc1O. The lowest BCUT2D eigenvalue weighted by molar-refractivity contribution is -0.205. The number of phenolic OH excluding ortho intramolecular Hbond substituents is 1. The van der Waals surface area contributed by atoms with E-state index in [4.69, 9.17) is 14.2 Å². The Bertz CT molecular complexity index is 2470. The molecule has 6 heterocycles. The van der Waals surface area contributed by atoms with Crippen LogP contribution in [0.25, 0.3) is 0 Å². The van der Waals surface area contributed by atoms with Crippen LogP contribution < -0.4 is 5.32 Å². The number of likely N-dealkylation sites (tertiary alicyclic amines) is 3. The van der Waals surface area contributed by atoms with E-state index in [9.17, 15) is 55.4 Å². The highest BCUT2D eigenvalue weighted by Crippen LogP contribution is 2.60. The first-order valence-corrected chi connectivity index (χ1v) is 23.7. The van der Waals surface area contributed by atoms with Crippen molar-refractivity contribution in [2.24, 2.45) is 22.2 Å². The van der Waals surface area contributed by atoms with E-state index in [1.54, 1.807) is 17.9 Å². The molecule has 2 bridgehead atoms. The van der Waals surface area contributed by atoms with Gasteiger partial charge in [0.05, 0.1) is 62.3 Å². The van der Waals surface area contributed by atoms with Crippen molar-refractivity contribution < 1.29 is 69.6 Å². The van der Waals surface area contributed by atoms with Gasteiger partial charge in [-0.15, -0.1) is 0 Å². The van der Waals surface area contributed by atoms with Gasteiger partial charge in [-0.3, -0.25) is 23.9 Å². The Morgan fingerprint density at radius 2 is 1.57 bits per heavy atom. The van der Waals surface area contributed by atoms with E-state index >= 15 is 0 Å². The van der Waals surface area contributed by atoms with Crippen molar-refractivity contribution in [2.75, 3.05) is 59.6 Å². The fourth-order valence-corrected chi connectivity index (χ4v) is 11.2. The summed E-state index contributed by atoms with van der Waals surface area (Å²) >= 11 is 0. The van der Waals surface area contributed by atoms with Crippen molar-refractivity contribution in [3.05, 3.63) is 82.7 Å². The molecule has 3 aromatic rings. The lowest BCUT2D eigenvalue weighted by atomic mass is 9.70. The minimum absolute atomic E-state index is 0.0237. The van der Waals surface area contributed by atoms with E-state index in [-0.39, 0.29) is 99.6 Å². The fraction of sp³-hybridized carbons (Fsp3) is 0.592. The van der Waals surface area contributed by atoms with Crippen molar-refractivity contribution in [1.82, 2.24) is 29.8 Å². The van der Waals surface area contributed by atoms with Crippen molar-refractivity contribution in [1.29, 1.82) is 0 Å². The maximum Gasteiger partial charge on any atom is 0.416 e. The second-order valence-corrected chi connectivity index (χ2v) is 20.3. The number of piperidine rings is 1. The number of carbonyl (C=O) groups excluding carboxylic acids is 5. The molecule has 3 atom stereocenters. The van der Waals surface area contributed by atoms with Gasteiger partial charge in [-0.2, -0.15) is 31.4 Å². The number of benzene rings is 2. The quantitative estimate of drug-likeness (QED) is 0.154. The van der Waals surface area contributed by atoms with E-state index in [2.05, 4.69) is 10.4 Å². The first kappa shape index (κ1) is 49.3. The molecule has 15 nitrogen and oxygen atoms in total. The van der Waals surface area contributed by atoms with Crippen LogP contribution in [0.2, 0.25) is 0 Å². The van der Waals surface area contributed by atoms with Crippen LogP contribution in [0.1, 0.15) is 102 Å². The molecule has 2 aromatic carbocycles. The van der Waals surface area contributed by atoms with E-state index in [0.29, 0.717) is 25.0 Å². The van der Waals surface area contributed by atoms with Gasteiger partial charge < -0.3 is 39.3 Å². The second-order valence-electron chi connectivity index (χ2n) is 20.3. The van der Waals surface area contributed by atoms with Crippen molar-refractivity contribution in [3.63, 3.8) is 0 Å². The number of hydrogen-bond acceptors (Lipinski definition) is 10. The normalized spacial score (nSPS) is 24.8. The lowest BCUT2D eigenvalue weighted by Gasteiger charge is -2.51. The van der Waals surface area contributed by atoms with Crippen LogP contribution in [0.3, 0.4) is 0 Å². The summed E-state index contributed by atoms with van der Waals surface area (Å²) in [4.78, 5) is 73.4. The molecule has 378 valence electrons. The number of amides is 4. The third-order valence-corrected chi connectivity index (χ3v) is 15.8. The number of esters is 1. The zero-order valence-electron chi connectivity index (χ0n) is 38.8. The topological polar surface area (TPSA) is 173 Å². The molecule has 2 N–H and O–H groups in total. The Labute approximate surface area is 399 Å². The molecule has 2 saturated carbocycles. The number of carbonyl (C=O) groups is 5. The van der Waals surface area contributed by atoms with E-state index in [1.807, 2.05) is 0 Å². The molecule has 2 aliphatic carbocycles. The van der Waals surface area contributed by atoms with Gasteiger partial charge in [-0.1, -0.05) is 18.2 Å². The van der Waals surface area contributed by atoms with Crippen LogP contribution in [-0.4, -0.2) is 143 Å². The predicted octanol–water partition coefficient (Wildman–Crippen LogP) is 5.94. The number of alkyl halides is 6. The van der Waals surface area contributed by atoms with Crippen LogP contribution in [0.4, 0.5) is 26.3 Å². The van der Waals surface area contributed by atoms with E-state index in [0.717, 1.165) is 48.3 Å². The molecular weight excluding hydrogens is 931 g/mol. The highest BCUT2D eigenvalue weighted by Gasteiger charge is 2.72. The van der Waals surface area contributed by atoms with Crippen LogP contribution in [0.5, 0.6) is 5.75 Å². The summed E-state index contributed by atoms with van der Waals surface area (Å²) in [5.41, 5.74) is -3.36. The summed E-state index contributed by atoms with van der Waals surface area (Å²) in [5.74, 6) is -4.74. The zero-order chi connectivity index (χ0) is 50.0. The summed E-state index contributed by atoms with van der Waals surface area (Å²) in [6.07, 6.45) is -3.41. The molecule has 21 heteroatoms. The summed E-state index contributed by atoms with van der Waals surface area (Å²) in [7, 11) is 1.22. The Morgan fingerprint density at radius 3 is 2.16 bits per heavy atom. The van der Waals surface area contributed by atoms with E-state index in [1.165, 1.54) is 53.4 Å². The Morgan fingerprint density at radius 1 is 0.900 bits per heavy atom. The monoisotopic (exact) mass is 986 g/mol. The Kier molecular flexibility index (Phi) is 13.0. The summed E-state index contributed by atoms with van der Waals surface area (Å²) < 4.78 is 101. The van der Waals surface area contributed by atoms with Gasteiger partial charge in [0.2, 0.25) is 17.7 Å². The minimum atomic E-state index is -4.76. The molecule has 7 aliphatic rings. The number of halogens is 6. The first-order chi connectivity index (χ1) is 33.1. The number of aromatic nitrogens is 2. The van der Waals surface area contributed by atoms with Gasteiger partial charge >= 0.3 is 18.3 Å². The van der Waals surface area contributed by atoms with Crippen LogP contribution in [0.15, 0.2) is 54.9 Å². The summed E-state index contributed by atoms with van der Waals surface area (Å²) in [5, 5.41) is 17.8. The minimum Gasteiger partial charge on any atom is -0.507 e.